The molecule has 3 atom stereocenters. The van der Waals surface area contributed by atoms with Crippen LogP contribution in [0, 0.1) is 11.3 Å². The maximum absolute atomic E-state index is 3.87. The Morgan fingerprint density at radius 1 is 1.70 bits per heavy atom. The third-order valence-electron chi connectivity index (χ3n) is 3.12. The molecule has 0 radical (unpaired) electrons. The van der Waals surface area contributed by atoms with Gasteiger partial charge in [-0.2, -0.15) is 0 Å². The minimum atomic E-state index is 0.411. The van der Waals surface area contributed by atoms with E-state index in [1.54, 1.807) is 0 Å². The SMILES string of the molecule is C=CC1(CC)C(C)C1NC. The Bertz CT molecular complexity index is 142. The number of hydrogen-bond donors (Lipinski definition) is 1. The predicted octanol–water partition coefficient (Wildman–Crippen LogP) is 1.81. The van der Waals surface area contributed by atoms with E-state index in [2.05, 4.69) is 31.8 Å². The second-order valence-corrected chi connectivity index (χ2v) is 3.23. The number of rotatable bonds is 3. The van der Waals surface area contributed by atoms with Crippen LogP contribution in [0.25, 0.3) is 0 Å². The molecule has 0 heterocycles. The molecule has 1 nitrogen and oxygen atoms in total. The molecule has 0 aromatic carbocycles. The van der Waals surface area contributed by atoms with E-state index in [1.165, 1.54) is 6.42 Å². The van der Waals surface area contributed by atoms with Crippen molar-refractivity contribution in [1.82, 2.24) is 5.32 Å². The molecule has 1 rings (SSSR count). The van der Waals surface area contributed by atoms with E-state index in [0.29, 0.717) is 11.5 Å². The summed E-state index contributed by atoms with van der Waals surface area (Å²) in [6.07, 6.45) is 3.32. The van der Waals surface area contributed by atoms with Crippen molar-refractivity contribution >= 4 is 0 Å². The van der Waals surface area contributed by atoms with Crippen LogP contribution in [0.1, 0.15) is 20.3 Å². The van der Waals surface area contributed by atoms with Crippen molar-refractivity contribution in [3.8, 4) is 0 Å². The molecule has 58 valence electrons. The van der Waals surface area contributed by atoms with Gasteiger partial charge in [-0.1, -0.05) is 19.9 Å². The van der Waals surface area contributed by atoms with Crippen LogP contribution in [0.4, 0.5) is 0 Å². The Labute approximate surface area is 63.5 Å². The van der Waals surface area contributed by atoms with Gasteiger partial charge in [-0.15, -0.1) is 6.58 Å². The van der Waals surface area contributed by atoms with E-state index in [0.717, 1.165) is 5.92 Å². The van der Waals surface area contributed by atoms with E-state index in [1.807, 2.05) is 7.05 Å². The van der Waals surface area contributed by atoms with Crippen molar-refractivity contribution in [2.45, 2.75) is 26.3 Å². The van der Waals surface area contributed by atoms with Gasteiger partial charge in [0.05, 0.1) is 0 Å². The summed E-state index contributed by atoms with van der Waals surface area (Å²) in [6.45, 7) is 8.39. The molecule has 1 aliphatic carbocycles. The van der Waals surface area contributed by atoms with Crippen molar-refractivity contribution in [2.24, 2.45) is 11.3 Å². The van der Waals surface area contributed by atoms with Gasteiger partial charge in [0.2, 0.25) is 0 Å². The Kier molecular flexibility index (Phi) is 1.86. The van der Waals surface area contributed by atoms with Crippen LogP contribution >= 0.6 is 0 Å². The van der Waals surface area contributed by atoms with Gasteiger partial charge >= 0.3 is 0 Å². The van der Waals surface area contributed by atoms with Crippen LogP contribution < -0.4 is 5.32 Å². The van der Waals surface area contributed by atoms with E-state index in [9.17, 15) is 0 Å². The van der Waals surface area contributed by atoms with Gasteiger partial charge in [-0.25, -0.2) is 0 Å². The average molecular weight is 139 g/mol. The summed E-state index contributed by atoms with van der Waals surface area (Å²) in [7, 11) is 2.03. The van der Waals surface area contributed by atoms with Gasteiger partial charge in [0.25, 0.3) is 0 Å². The Balaban J connectivity index is 2.63. The molecular weight excluding hydrogens is 122 g/mol. The van der Waals surface area contributed by atoms with Gasteiger partial charge in [0.1, 0.15) is 0 Å². The zero-order chi connectivity index (χ0) is 7.78. The first-order valence-electron chi connectivity index (χ1n) is 4.03. The Morgan fingerprint density at radius 3 is 2.40 bits per heavy atom. The highest BCUT2D eigenvalue weighted by molar-refractivity contribution is 5.20. The van der Waals surface area contributed by atoms with Crippen LogP contribution in [-0.4, -0.2) is 13.1 Å². The largest absolute Gasteiger partial charge is 0.316 e. The molecule has 3 unspecified atom stereocenters. The third kappa shape index (κ3) is 0.734. The summed E-state index contributed by atoms with van der Waals surface area (Å²) in [5.41, 5.74) is 0.411. The van der Waals surface area contributed by atoms with Crippen molar-refractivity contribution in [1.29, 1.82) is 0 Å². The van der Waals surface area contributed by atoms with E-state index in [-0.39, 0.29) is 0 Å². The highest BCUT2D eigenvalue weighted by Crippen LogP contribution is 2.55. The van der Waals surface area contributed by atoms with Gasteiger partial charge in [-0.05, 0) is 19.4 Å². The summed E-state index contributed by atoms with van der Waals surface area (Å²) in [5, 5.41) is 3.31. The van der Waals surface area contributed by atoms with Crippen LogP contribution in [0.15, 0.2) is 12.7 Å². The van der Waals surface area contributed by atoms with Crippen molar-refractivity contribution in [3.63, 3.8) is 0 Å². The fourth-order valence-corrected chi connectivity index (χ4v) is 2.17. The zero-order valence-corrected chi connectivity index (χ0v) is 7.15. The first-order valence-corrected chi connectivity index (χ1v) is 4.03. The number of nitrogens with one attached hydrogen (secondary N) is 1. The van der Waals surface area contributed by atoms with Gasteiger partial charge in [0, 0.05) is 11.5 Å². The minimum absolute atomic E-state index is 0.411. The van der Waals surface area contributed by atoms with E-state index < -0.39 is 0 Å². The lowest BCUT2D eigenvalue weighted by atomic mass is 10.0. The molecule has 0 aliphatic heterocycles. The first kappa shape index (κ1) is 7.80. The molecule has 1 saturated carbocycles. The fraction of sp³-hybridized carbons (Fsp3) is 0.778. The molecule has 0 aromatic heterocycles. The molecule has 0 spiro atoms. The predicted molar refractivity (Wildman–Crippen MR) is 44.9 cm³/mol. The average Bonchev–Trinajstić information content (AvgIpc) is 2.56. The smallest absolute Gasteiger partial charge is 0.0192 e. The highest BCUT2D eigenvalue weighted by atomic mass is 15.0. The summed E-state index contributed by atoms with van der Waals surface area (Å²) in [4.78, 5) is 0. The molecule has 1 fully saturated rings. The van der Waals surface area contributed by atoms with Gasteiger partial charge in [0.15, 0.2) is 0 Å². The molecule has 0 amide bonds. The Morgan fingerprint density at radius 2 is 2.30 bits per heavy atom. The van der Waals surface area contributed by atoms with Gasteiger partial charge < -0.3 is 5.32 Å². The van der Waals surface area contributed by atoms with Crippen LogP contribution in [0.5, 0.6) is 0 Å². The monoisotopic (exact) mass is 139 g/mol. The summed E-state index contributed by atoms with van der Waals surface area (Å²) in [6, 6.07) is 0.676. The Hall–Kier alpha value is -0.300. The second-order valence-electron chi connectivity index (χ2n) is 3.23. The standard InChI is InChI=1S/C9H17N/c1-5-9(6-2)7(3)8(9)10-4/h5,7-8,10H,1,6H2,2-4H3. The molecular formula is C9H17N. The lowest BCUT2D eigenvalue weighted by Crippen LogP contribution is -2.16. The second kappa shape index (κ2) is 2.39. The van der Waals surface area contributed by atoms with Crippen LogP contribution in [0.2, 0.25) is 0 Å². The van der Waals surface area contributed by atoms with Gasteiger partial charge in [-0.3, -0.25) is 0 Å². The van der Waals surface area contributed by atoms with Crippen molar-refractivity contribution in [2.75, 3.05) is 7.05 Å². The lowest BCUT2D eigenvalue weighted by molar-refractivity contribution is 0.542. The molecule has 0 bridgehead atoms. The molecule has 1 aliphatic rings. The van der Waals surface area contributed by atoms with Crippen molar-refractivity contribution in [3.05, 3.63) is 12.7 Å². The topological polar surface area (TPSA) is 12.0 Å². The third-order valence-corrected chi connectivity index (χ3v) is 3.12. The molecule has 1 heteroatoms. The molecule has 10 heavy (non-hydrogen) atoms. The normalized spacial score (nSPS) is 45.1. The first-order chi connectivity index (χ1) is 4.72. The van der Waals surface area contributed by atoms with E-state index >= 15 is 0 Å². The zero-order valence-electron chi connectivity index (χ0n) is 7.15. The number of hydrogen-bond acceptors (Lipinski definition) is 1. The maximum Gasteiger partial charge on any atom is 0.0192 e. The highest BCUT2D eigenvalue weighted by Gasteiger charge is 2.57. The molecule has 0 aromatic rings. The van der Waals surface area contributed by atoms with Crippen LogP contribution in [-0.2, 0) is 0 Å². The fourth-order valence-electron chi connectivity index (χ4n) is 2.17. The minimum Gasteiger partial charge on any atom is -0.316 e. The lowest BCUT2D eigenvalue weighted by Gasteiger charge is -2.07. The molecule has 1 N–H and O–H groups in total. The summed E-state index contributed by atoms with van der Waals surface area (Å²) >= 11 is 0. The summed E-state index contributed by atoms with van der Waals surface area (Å²) in [5.74, 6) is 0.778. The summed E-state index contributed by atoms with van der Waals surface area (Å²) < 4.78 is 0. The van der Waals surface area contributed by atoms with E-state index in [4.69, 9.17) is 0 Å². The quantitative estimate of drug-likeness (QED) is 0.588. The van der Waals surface area contributed by atoms with Crippen LogP contribution in [0.3, 0.4) is 0 Å². The van der Waals surface area contributed by atoms with Crippen molar-refractivity contribution < 1.29 is 0 Å². The maximum atomic E-state index is 3.87. The molecule has 0 saturated heterocycles.